The Labute approximate surface area is 210 Å². The smallest absolute Gasteiger partial charge is 0.382 e. The first-order valence-electron chi connectivity index (χ1n) is 12.0. The van der Waals surface area contributed by atoms with Crippen molar-refractivity contribution in [2.75, 3.05) is 10.6 Å². The second kappa shape index (κ2) is 9.65. The van der Waals surface area contributed by atoms with Crippen LogP contribution in [0.3, 0.4) is 0 Å². The van der Waals surface area contributed by atoms with Gasteiger partial charge in [-0.25, -0.2) is 0 Å². The van der Waals surface area contributed by atoms with Gasteiger partial charge in [-0.05, 0) is 68.1 Å². The quantitative estimate of drug-likeness (QED) is 0.291. The summed E-state index contributed by atoms with van der Waals surface area (Å²) in [6.07, 6.45) is 0.276. The van der Waals surface area contributed by atoms with Crippen LogP contribution in [0.25, 0.3) is 10.9 Å². The molecule has 0 amide bonds. The molecule has 2 aromatic heterocycles. The van der Waals surface area contributed by atoms with E-state index in [0.717, 1.165) is 30.7 Å². The second-order valence-electron chi connectivity index (χ2n) is 9.37. The molecule has 4 aromatic rings. The minimum Gasteiger partial charge on any atom is -0.382 e. The monoisotopic (exact) mass is 506 g/mol. The van der Waals surface area contributed by atoms with Gasteiger partial charge in [0.15, 0.2) is 5.82 Å². The molecule has 0 unspecified atom stereocenters. The summed E-state index contributed by atoms with van der Waals surface area (Å²) in [6, 6.07) is 18.8. The Morgan fingerprint density at radius 1 is 1.05 bits per heavy atom. The number of nitriles is 1. The van der Waals surface area contributed by atoms with Gasteiger partial charge >= 0.3 is 6.18 Å². The number of rotatable bonds is 6. The Bertz CT molecular complexity index is 1480. The van der Waals surface area contributed by atoms with Crippen LogP contribution in [-0.4, -0.2) is 20.8 Å². The normalized spacial score (nSPS) is 19.9. The Hall–Kier alpha value is -4.26. The SMILES string of the molecule is N#CCC1(n2nc(Nc3ccc(C(F)(F)F)cc3)c3c(=O)[nH]ccc32)CCC(Nc2ccccc2)CC1. The summed E-state index contributed by atoms with van der Waals surface area (Å²) in [7, 11) is 0. The molecule has 0 spiro atoms. The molecule has 10 heteroatoms. The second-order valence-corrected chi connectivity index (χ2v) is 9.37. The summed E-state index contributed by atoms with van der Waals surface area (Å²) in [4.78, 5) is 15.5. The van der Waals surface area contributed by atoms with Gasteiger partial charge in [0.25, 0.3) is 5.56 Å². The number of alkyl halides is 3. The average Bonchev–Trinajstić information content (AvgIpc) is 3.26. The molecule has 0 radical (unpaired) electrons. The van der Waals surface area contributed by atoms with Gasteiger partial charge in [-0.2, -0.15) is 23.5 Å². The number of nitrogens with one attached hydrogen (secondary N) is 3. The van der Waals surface area contributed by atoms with Gasteiger partial charge in [0.2, 0.25) is 0 Å². The summed E-state index contributed by atoms with van der Waals surface area (Å²) in [5.41, 5.74) is 0.232. The van der Waals surface area contributed by atoms with Crippen molar-refractivity contribution in [1.82, 2.24) is 14.8 Å². The first kappa shape index (κ1) is 24.4. The van der Waals surface area contributed by atoms with E-state index in [2.05, 4.69) is 21.7 Å². The van der Waals surface area contributed by atoms with Gasteiger partial charge in [-0.1, -0.05) is 18.2 Å². The summed E-state index contributed by atoms with van der Waals surface area (Å²) in [6.45, 7) is 0. The largest absolute Gasteiger partial charge is 0.416 e. The molecule has 2 heterocycles. The zero-order valence-corrected chi connectivity index (χ0v) is 19.8. The number of hydrogen-bond acceptors (Lipinski definition) is 5. The summed E-state index contributed by atoms with van der Waals surface area (Å²) >= 11 is 0. The summed E-state index contributed by atoms with van der Waals surface area (Å²) in [5.74, 6) is 0.235. The van der Waals surface area contributed by atoms with E-state index in [1.54, 1.807) is 10.7 Å². The number of benzene rings is 2. The van der Waals surface area contributed by atoms with Crippen LogP contribution < -0.4 is 16.2 Å². The molecule has 190 valence electrons. The zero-order chi connectivity index (χ0) is 26.0. The number of aromatic nitrogens is 3. The van der Waals surface area contributed by atoms with E-state index in [0.29, 0.717) is 29.4 Å². The summed E-state index contributed by atoms with van der Waals surface area (Å²) < 4.78 is 40.7. The molecule has 1 aliphatic carbocycles. The van der Waals surface area contributed by atoms with Gasteiger partial charge in [0, 0.05) is 23.6 Å². The molecule has 0 aliphatic heterocycles. The van der Waals surface area contributed by atoms with Crippen molar-refractivity contribution in [2.45, 2.75) is 49.9 Å². The number of H-pyrrole nitrogens is 1. The fourth-order valence-corrected chi connectivity index (χ4v) is 5.09. The van der Waals surface area contributed by atoms with E-state index >= 15 is 0 Å². The van der Waals surface area contributed by atoms with Crippen molar-refractivity contribution in [3.05, 3.63) is 82.8 Å². The predicted octanol–water partition coefficient (Wildman–Crippen LogP) is 6.15. The predicted molar refractivity (Wildman–Crippen MR) is 136 cm³/mol. The van der Waals surface area contributed by atoms with Gasteiger partial charge in [-0.3, -0.25) is 9.48 Å². The number of pyridine rings is 1. The Balaban J connectivity index is 1.47. The van der Waals surface area contributed by atoms with Gasteiger partial charge in [0.05, 0.1) is 29.1 Å². The van der Waals surface area contributed by atoms with Crippen LogP contribution in [0.1, 0.15) is 37.7 Å². The topological polar surface area (TPSA) is 98.5 Å². The Morgan fingerprint density at radius 2 is 1.76 bits per heavy atom. The van der Waals surface area contributed by atoms with Crippen LogP contribution >= 0.6 is 0 Å². The first-order chi connectivity index (χ1) is 17.8. The Morgan fingerprint density at radius 3 is 2.41 bits per heavy atom. The molecule has 1 aliphatic rings. The highest BCUT2D eigenvalue weighted by Gasteiger charge is 2.39. The van der Waals surface area contributed by atoms with E-state index in [4.69, 9.17) is 5.10 Å². The average molecular weight is 507 g/mol. The third-order valence-corrected chi connectivity index (χ3v) is 7.00. The lowest BCUT2D eigenvalue weighted by Crippen LogP contribution is -2.41. The maximum atomic E-state index is 13.0. The van der Waals surface area contributed by atoms with Crippen LogP contribution in [0, 0.1) is 11.3 Å². The van der Waals surface area contributed by atoms with Crippen molar-refractivity contribution >= 4 is 28.1 Å². The minimum absolute atomic E-state index is 0.217. The van der Waals surface area contributed by atoms with Crippen LogP contribution in [0.15, 0.2) is 71.7 Å². The van der Waals surface area contributed by atoms with Gasteiger partial charge in [0.1, 0.15) is 5.39 Å². The van der Waals surface area contributed by atoms with Crippen molar-refractivity contribution in [3.8, 4) is 6.07 Å². The minimum atomic E-state index is -4.44. The molecular weight excluding hydrogens is 481 g/mol. The molecule has 7 nitrogen and oxygen atoms in total. The molecule has 0 bridgehead atoms. The van der Waals surface area contributed by atoms with Gasteiger partial charge in [-0.15, -0.1) is 0 Å². The van der Waals surface area contributed by atoms with Crippen LogP contribution in [-0.2, 0) is 11.7 Å². The van der Waals surface area contributed by atoms with Crippen molar-refractivity contribution in [3.63, 3.8) is 0 Å². The van der Waals surface area contributed by atoms with Crippen molar-refractivity contribution in [2.24, 2.45) is 0 Å². The standard InChI is InChI=1S/C27H25F3N6O/c28-27(29,30)18-6-8-20(9-7-18)34-24-23-22(12-17-32-25(23)37)36(35-24)26(15-16-31)13-10-21(11-14-26)33-19-4-2-1-3-5-19/h1-9,12,17,21,33H,10-11,13-15H2,(H,32,37)(H,34,35). The number of hydrogen-bond donors (Lipinski definition) is 3. The highest BCUT2D eigenvalue weighted by atomic mass is 19.4. The number of nitrogens with zero attached hydrogens (tertiary/aromatic N) is 3. The molecule has 1 saturated carbocycles. The fourth-order valence-electron chi connectivity index (χ4n) is 5.09. The lowest BCUT2D eigenvalue weighted by Gasteiger charge is -2.40. The molecule has 0 atom stereocenters. The molecule has 0 saturated heterocycles. The van der Waals surface area contributed by atoms with E-state index in [-0.39, 0.29) is 23.8 Å². The van der Waals surface area contributed by atoms with Crippen molar-refractivity contribution in [1.29, 1.82) is 5.26 Å². The van der Waals surface area contributed by atoms with E-state index in [1.165, 1.54) is 18.3 Å². The number of fused-ring (bicyclic) bond motifs is 1. The molecule has 1 fully saturated rings. The number of para-hydroxylation sites is 1. The van der Waals surface area contributed by atoms with E-state index < -0.39 is 17.3 Å². The summed E-state index contributed by atoms with van der Waals surface area (Å²) in [5, 5.41) is 21.3. The molecule has 3 N–H and O–H groups in total. The van der Waals surface area contributed by atoms with E-state index in [9.17, 15) is 23.2 Å². The van der Waals surface area contributed by atoms with Crippen LogP contribution in [0.5, 0.6) is 0 Å². The van der Waals surface area contributed by atoms with Crippen molar-refractivity contribution < 1.29 is 13.2 Å². The number of anilines is 3. The third kappa shape index (κ3) is 4.89. The van der Waals surface area contributed by atoms with Gasteiger partial charge < -0.3 is 15.6 Å². The maximum absolute atomic E-state index is 13.0. The molecule has 2 aromatic carbocycles. The molecule has 37 heavy (non-hydrogen) atoms. The highest BCUT2D eigenvalue weighted by Crippen LogP contribution is 2.41. The lowest BCUT2D eigenvalue weighted by atomic mass is 9.77. The first-order valence-corrected chi connectivity index (χ1v) is 12.0. The van der Waals surface area contributed by atoms with Crippen LogP contribution in [0.2, 0.25) is 0 Å². The Kier molecular flexibility index (Phi) is 6.38. The van der Waals surface area contributed by atoms with E-state index in [1.807, 2.05) is 30.3 Å². The zero-order valence-electron chi connectivity index (χ0n) is 19.8. The van der Waals surface area contributed by atoms with Crippen LogP contribution in [0.4, 0.5) is 30.4 Å². The molecule has 5 rings (SSSR count). The number of aromatic amines is 1. The lowest BCUT2D eigenvalue weighted by molar-refractivity contribution is -0.137. The maximum Gasteiger partial charge on any atom is 0.416 e. The fraction of sp³-hybridized carbons (Fsp3) is 0.296. The third-order valence-electron chi connectivity index (χ3n) is 7.00. The molecular formula is C27H25F3N6O. The highest BCUT2D eigenvalue weighted by molar-refractivity contribution is 5.91. The number of halogens is 3.